The van der Waals surface area contributed by atoms with Crippen LogP contribution in [0.2, 0.25) is 0 Å². The van der Waals surface area contributed by atoms with Gasteiger partial charge in [-0.3, -0.25) is 9.69 Å². The van der Waals surface area contributed by atoms with Crippen LogP contribution >= 0.6 is 11.3 Å². The van der Waals surface area contributed by atoms with E-state index in [1.165, 1.54) is 12.8 Å². The number of methoxy groups -OCH3 is 3. The maximum absolute atomic E-state index is 15.4. The van der Waals surface area contributed by atoms with Crippen LogP contribution in [0.25, 0.3) is 0 Å². The lowest BCUT2D eigenvalue weighted by molar-refractivity contribution is -0.483. The molecule has 5 aliphatic carbocycles. The SMILES string of the molecule is CC[C@H]1CCC[C@H](O[C@H]2CC[C@H](N(C)C3CC3)C(C)O2)[C@@H](C)C(=O)C2=C[C@]3(N)[C@@H](c4nc(C)sc4[C@@H]4C[C@@H](O[C@@H]5OC6(OC)C(C)CC(OC)C(OC)C56)C[C@]43N)[C@]2(N)CC(O)O1. The van der Waals surface area contributed by atoms with Crippen LogP contribution < -0.4 is 17.2 Å². The number of hydrogen-bond acceptors (Lipinski definition) is 16. The number of rotatable bonds is 10. The summed E-state index contributed by atoms with van der Waals surface area (Å²) in [6, 6.07) is 0.970. The molecule has 19 atom stereocenters. The van der Waals surface area contributed by atoms with Gasteiger partial charge in [0, 0.05) is 79.5 Å². The lowest BCUT2D eigenvalue weighted by Crippen LogP contribution is -2.74. The number of Topliss-reactive ketones (excluding diaryl/α,β-unsaturated/α-hetero) is 1. The van der Waals surface area contributed by atoms with Crippen molar-refractivity contribution in [2.75, 3.05) is 28.4 Å². The smallest absolute Gasteiger partial charge is 0.183 e. The number of ketones is 1. The Kier molecular flexibility index (Phi) is 12.8. The molecular weight excluding hydrogens is 827 g/mol. The lowest BCUT2D eigenvalue weighted by atomic mass is 9.57. The molecule has 0 amide bonds. The molecule has 1 aromatic heterocycles. The highest BCUT2D eigenvalue weighted by atomic mass is 32.1. The number of nitrogens with two attached hydrogens (primary N) is 3. The Morgan fingerprint density at radius 1 is 0.968 bits per heavy atom. The van der Waals surface area contributed by atoms with Crippen LogP contribution in [0.5, 0.6) is 0 Å². The first-order chi connectivity index (χ1) is 30.0. The molecule has 8 aliphatic rings. The summed E-state index contributed by atoms with van der Waals surface area (Å²) in [7, 11) is 7.28. The van der Waals surface area contributed by atoms with Crippen molar-refractivity contribution in [3.8, 4) is 0 Å². The Balaban J connectivity index is 1.04. The molecule has 3 saturated carbocycles. The summed E-state index contributed by atoms with van der Waals surface area (Å²) in [6.45, 7) is 10.2. The van der Waals surface area contributed by atoms with Gasteiger partial charge in [-0.2, -0.15) is 0 Å². The zero-order chi connectivity index (χ0) is 45.0. The Bertz CT molecular complexity index is 1890. The third-order valence-electron chi connectivity index (χ3n) is 17.2. The van der Waals surface area contributed by atoms with E-state index in [0.717, 1.165) is 41.3 Å². The average Bonchev–Trinajstić information content (AvgIpc) is 3.87. The number of carbonyl (C=O) groups is 1. The van der Waals surface area contributed by atoms with Gasteiger partial charge in [0.15, 0.2) is 30.4 Å². The van der Waals surface area contributed by atoms with Crippen LogP contribution in [-0.4, -0.2) is 139 Å². The van der Waals surface area contributed by atoms with E-state index in [9.17, 15) is 5.11 Å². The van der Waals surface area contributed by atoms with Gasteiger partial charge in [-0.25, -0.2) is 4.98 Å². The van der Waals surface area contributed by atoms with Crippen molar-refractivity contribution in [3.05, 3.63) is 27.2 Å². The van der Waals surface area contributed by atoms with Gasteiger partial charge in [-0.05, 0) is 91.5 Å². The second-order valence-corrected chi connectivity index (χ2v) is 21.9. The molecule has 15 nitrogen and oxygen atoms in total. The Morgan fingerprint density at radius 2 is 1.73 bits per heavy atom. The number of nitrogens with zero attached hydrogens (tertiary/aromatic N) is 2. The molecule has 0 aromatic carbocycles. The number of hydrogen-bond donors (Lipinski definition) is 4. The third-order valence-corrected chi connectivity index (χ3v) is 18.3. The third kappa shape index (κ3) is 7.47. The quantitative estimate of drug-likeness (QED) is 0.255. The Morgan fingerprint density at radius 3 is 2.40 bits per heavy atom. The number of likely N-dealkylation sites (N-methyl/N-ethyl adjacent to an activating group) is 1. The van der Waals surface area contributed by atoms with Gasteiger partial charge in [-0.15, -0.1) is 11.3 Å². The van der Waals surface area contributed by atoms with Gasteiger partial charge in [0.05, 0.1) is 64.3 Å². The van der Waals surface area contributed by atoms with Crippen molar-refractivity contribution in [2.24, 2.45) is 35.0 Å². The van der Waals surface area contributed by atoms with Gasteiger partial charge in [0.25, 0.3) is 0 Å². The summed E-state index contributed by atoms with van der Waals surface area (Å²) in [4.78, 5) is 24.0. The summed E-state index contributed by atoms with van der Waals surface area (Å²) in [5.41, 5.74) is 20.6. The summed E-state index contributed by atoms with van der Waals surface area (Å²) >= 11 is 1.59. The Labute approximate surface area is 377 Å². The first kappa shape index (κ1) is 46.6. The van der Waals surface area contributed by atoms with E-state index in [1.54, 1.807) is 32.7 Å². The van der Waals surface area contributed by atoms with Gasteiger partial charge < -0.3 is 60.2 Å². The largest absolute Gasteiger partial charge is 0.379 e. The summed E-state index contributed by atoms with van der Waals surface area (Å²) in [6.07, 6.45) is 6.60. The predicted octanol–water partition coefficient (Wildman–Crippen LogP) is 4.49. The normalized spacial score (nSPS) is 48.8. The number of aromatic nitrogens is 1. The maximum atomic E-state index is 15.4. The fourth-order valence-electron chi connectivity index (χ4n) is 13.6. The second kappa shape index (κ2) is 17.2. The number of carbonyl (C=O) groups excluding carboxylic acids is 1. The van der Waals surface area contributed by atoms with Crippen LogP contribution in [0.1, 0.15) is 132 Å². The molecule has 6 fully saturated rings. The van der Waals surface area contributed by atoms with Crippen LogP contribution in [0.4, 0.5) is 0 Å². The van der Waals surface area contributed by atoms with Gasteiger partial charge >= 0.3 is 0 Å². The number of aryl methyl sites for hydroxylation is 1. The first-order valence-electron chi connectivity index (χ1n) is 23.9. The van der Waals surface area contributed by atoms with Crippen molar-refractivity contribution in [3.63, 3.8) is 0 Å². The van der Waals surface area contributed by atoms with Crippen molar-refractivity contribution in [1.82, 2.24) is 9.88 Å². The summed E-state index contributed by atoms with van der Waals surface area (Å²) in [5, 5.41) is 12.6. The van der Waals surface area contributed by atoms with Crippen LogP contribution in [0.15, 0.2) is 11.6 Å². The van der Waals surface area contributed by atoms with Crippen molar-refractivity contribution >= 4 is 17.1 Å². The van der Waals surface area contributed by atoms with Crippen molar-refractivity contribution in [1.29, 1.82) is 0 Å². The molecule has 1 aromatic rings. The highest BCUT2D eigenvalue weighted by molar-refractivity contribution is 7.11. The summed E-state index contributed by atoms with van der Waals surface area (Å²) in [5.74, 6) is -2.82. The minimum Gasteiger partial charge on any atom is -0.379 e. The number of ether oxygens (including phenoxy) is 8. The van der Waals surface area contributed by atoms with E-state index < -0.39 is 59.2 Å². The average molecular weight is 902 g/mol. The van der Waals surface area contributed by atoms with Gasteiger partial charge in [0.2, 0.25) is 0 Å². The van der Waals surface area contributed by atoms with E-state index in [4.69, 9.17) is 60.1 Å². The molecule has 7 N–H and O–H groups in total. The zero-order valence-corrected chi connectivity index (χ0v) is 39.8. The van der Waals surface area contributed by atoms with E-state index in [0.29, 0.717) is 49.8 Å². The second-order valence-electron chi connectivity index (χ2n) is 20.7. The monoisotopic (exact) mass is 902 g/mol. The molecule has 16 heteroatoms. The van der Waals surface area contributed by atoms with Gasteiger partial charge in [-0.1, -0.05) is 26.8 Å². The minimum absolute atomic E-state index is 0.00243. The molecule has 0 radical (unpaired) electrons. The van der Waals surface area contributed by atoms with E-state index in [-0.39, 0.29) is 60.5 Å². The fourth-order valence-corrected chi connectivity index (χ4v) is 14.8. The molecule has 354 valence electrons. The summed E-state index contributed by atoms with van der Waals surface area (Å²) < 4.78 is 51.4. The molecule has 63 heavy (non-hydrogen) atoms. The number of aliphatic hydroxyl groups excluding tert-OH is 1. The molecule has 3 saturated heterocycles. The standard InChI is InChI=1S/C47H75N5O10S/c1-10-28-12-11-13-33(61-36-17-16-32(25(4)58-36)52(6)27-14-15-27)24(3)39(54)31-21-46(50)42(44(31,48)22-35(53)59-28)38-41(63-26(5)51-38)30-19-29(20-45(30,46)49)60-43-37-40(56-8)34(55-7)18-23(2)47(37,57-9)62-43/h21,23-25,27-30,32-37,40,42-43,53H,10-20,22,48-50H2,1-9H3/t23?,24-,25?,28+,29-,30+,32+,33+,34?,35?,36+,37?,40?,42+,43-,44+,45+,46+,47?/m1/s1. The predicted molar refractivity (Wildman–Crippen MR) is 236 cm³/mol. The highest BCUT2D eigenvalue weighted by Crippen LogP contribution is 2.65. The molecule has 9 rings (SSSR count). The molecular formula is C47H75N5O10S. The van der Waals surface area contributed by atoms with Crippen LogP contribution in [0.3, 0.4) is 0 Å². The zero-order valence-electron chi connectivity index (χ0n) is 39.0. The molecule has 0 bridgehead atoms. The maximum Gasteiger partial charge on any atom is 0.183 e. The van der Waals surface area contributed by atoms with Gasteiger partial charge in [0.1, 0.15) is 0 Å². The van der Waals surface area contributed by atoms with Crippen molar-refractivity contribution < 1.29 is 47.8 Å². The topological polar surface area (TPSA) is 205 Å². The molecule has 4 heterocycles. The fraction of sp³-hybridized carbons (Fsp3) is 0.872. The van der Waals surface area contributed by atoms with Crippen LogP contribution in [0, 0.1) is 24.7 Å². The first-order valence-corrected chi connectivity index (χ1v) is 24.7. The highest BCUT2D eigenvalue weighted by Gasteiger charge is 2.73. The number of fused-ring (bicyclic) bond motifs is 9. The number of aliphatic hydroxyl groups is 1. The Hall–Kier alpha value is -1.48. The van der Waals surface area contributed by atoms with Crippen LogP contribution in [-0.2, 0) is 42.7 Å². The van der Waals surface area contributed by atoms with E-state index in [2.05, 4.69) is 32.7 Å². The molecule has 0 spiro atoms. The van der Waals surface area contributed by atoms with Crippen molar-refractivity contribution in [2.45, 2.75) is 213 Å². The molecule has 7 unspecified atom stereocenters. The number of thiazole rings is 1. The minimum atomic E-state index is -1.47. The van der Waals surface area contributed by atoms with E-state index >= 15 is 4.79 Å². The lowest BCUT2D eigenvalue weighted by Gasteiger charge is -2.62. The van der Waals surface area contributed by atoms with E-state index in [1.807, 2.05) is 19.9 Å². The molecule has 3 aliphatic heterocycles.